The Bertz CT molecular complexity index is 1560. The van der Waals surface area contributed by atoms with Crippen molar-refractivity contribution >= 4 is 51.5 Å². The zero-order chi connectivity index (χ0) is 28.2. The Morgan fingerprint density at radius 3 is 2.62 bits per heavy atom. The van der Waals surface area contributed by atoms with Gasteiger partial charge >= 0.3 is 0 Å². The maximum atomic E-state index is 13.6. The molecule has 1 atom stereocenters. The molecule has 206 valence electrons. The van der Waals surface area contributed by atoms with Gasteiger partial charge in [0.1, 0.15) is 11.5 Å². The third-order valence-corrected chi connectivity index (χ3v) is 8.76. The summed E-state index contributed by atoms with van der Waals surface area (Å²) in [5, 5.41) is 20.4. The van der Waals surface area contributed by atoms with E-state index in [0.717, 1.165) is 18.4 Å². The van der Waals surface area contributed by atoms with E-state index in [-0.39, 0.29) is 16.5 Å². The molecule has 8 nitrogen and oxygen atoms in total. The molecule has 40 heavy (non-hydrogen) atoms. The SMILES string of the molecule is CCCCOc1ccc(C2C(C(=O)c3ccc(C)o3)=C(O)C(=O)N2c2nnc(SCc3ccccc3Cl)s2)cc1. The van der Waals surface area contributed by atoms with Crippen molar-refractivity contribution < 1.29 is 23.8 Å². The summed E-state index contributed by atoms with van der Waals surface area (Å²) >= 11 is 8.91. The van der Waals surface area contributed by atoms with E-state index < -0.39 is 23.5 Å². The van der Waals surface area contributed by atoms with Gasteiger partial charge in [-0.3, -0.25) is 14.5 Å². The fourth-order valence-corrected chi connectivity index (χ4v) is 6.39. The van der Waals surface area contributed by atoms with Crippen LogP contribution in [0.3, 0.4) is 0 Å². The third-order valence-electron chi connectivity index (χ3n) is 6.29. The molecule has 0 spiro atoms. The second-order valence-electron chi connectivity index (χ2n) is 9.08. The lowest BCUT2D eigenvalue weighted by molar-refractivity contribution is -0.117. The lowest BCUT2D eigenvalue weighted by Gasteiger charge is -2.24. The van der Waals surface area contributed by atoms with Gasteiger partial charge in [-0.05, 0) is 54.8 Å². The molecule has 1 aliphatic heterocycles. The Balaban J connectivity index is 1.47. The molecule has 1 aliphatic rings. The monoisotopic (exact) mass is 595 g/mol. The molecular formula is C29H26ClN3O5S2. The smallest absolute Gasteiger partial charge is 0.296 e. The predicted octanol–water partition coefficient (Wildman–Crippen LogP) is 7.35. The summed E-state index contributed by atoms with van der Waals surface area (Å²) in [6.45, 7) is 4.39. The van der Waals surface area contributed by atoms with E-state index in [1.54, 1.807) is 37.3 Å². The van der Waals surface area contributed by atoms with Crippen LogP contribution in [0.1, 0.15) is 53.2 Å². The minimum Gasteiger partial charge on any atom is -0.503 e. The molecule has 0 radical (unpaired) electrons. The molecular weight excluding hydrogens is 570 g/mol. The van der Waals surface area contributed by atoms with Gasteiger partial charge in [-0.25, -0.2) is 0 Å². The molecule has 0 saturated heterocycles. The fourth-order valence-electron chi connectivity index (χ4n) is 4.23. The average Bonchev–Trinajstić information content (AvgIpc) is 3.67. The molecule has 0 saturated carbocycles. The third kappa shape index (κ3) is 5.79. The number of furan rings is 1. The Hall–Kier alpha value is -3.60. The van der Waals surface area contributed by atoms with Crippen LogP contribution in [0.15, 0.2) is 80.8 Å². The van der Waals surface area contributed by atoms with Gasteiger partial charge in [0.2, 0.25) is 10.9 Å². The summed E-state index contributed by atoms with van der Waals surface area (Å²) in [4.78, 5) is 28.3. The normalized spacial score (nSPS) is 15.2. The summed E-state index contributed by atoms with van der Waals surface area (Å²) in [6, 6.07) is 16.9. The first-order valence-corrected chi connectivity index (χ1v) is 14.9. The summed E-state index contributed by atoms with van der Waals surface area (Å²) < 4.78 is 11.9. The minimum atomic E-state index is -0.940. The Labute approximate surface area is 244 Å². The van der Waals surface area contributed by atoms with Crippen LogP contribution in [0.2, 0.25) is 5.02 Å². The number of thioether (sulfide) groups is 1. The van der Waals surface area contributed by atoms with Gasteiger partial charge in [-0.1, -0.05) is 78.4 Å². The number of unbranched alkanes of at least 4 members (excludes halogenated alkanes) is 1. The lowest BCUT2D eigenvalue weighted by Crippen LogP contribution is -2.31. The Morgan fingerprint density at radius 2 is 1.93 bits per heavy atom. The van der Waals surface area contributed by atoms with Crippen LogP contribution in [0.4, 0.5) is 5.13 Å². The van der Waals surface area contributed by atoms with Crippen LogP contribution in [-0.2, 0) is 10.5 Å². The fraction of sp³-hybridized carbons (Fsp3) is 0.241. The number of carbonyl (C=O) groups excluding carboxylic acids is 2. The molecule has 0 aliphatic carbocycles. The second kappa shape index (κ2) is 12.3. The van der Waals surface area contributed by atoms with E-state index >= 15 is 0 Å². The molecule has 5 rings (SSSR count). The van der Waals surface area contributed by atoms with Gasteiger partial charge in [0.15, 0.2) is 15.9 Å². The molecule has 4 aromatic rings. The van der Waals surface area contributed by atoms with Crippen molar-refractivity contribution in [3.63, 3.8) is 0 Å². The first-order valence-electron chi connectivity index (χ1n) is 12.7. The zero-order valence-corrected chi connectivity index (χ0v) is 24.2. The van der Waals surface area contributed by atoms with Crippen molar-refractivity contribution in [2.45, 2.75) is 42.8 Å². The van der Waals surface area contributed by atoms with Crippen molar-refractivity contribution in [2.75, 3.05) is 11.5 Å². The summed E-state index contributed by atoms with van der Waals surface area (Å²) in [7, 11) is 0. The summed E-state index contributed by atoms with van der Waals surface area (Å²) in [5.41, 5.74) is 1.47. The highest BCUT2D eigenvalue weighted by molar-refractivity contribution is 8.00. The van der Waals surface area contributed by atoms with Crippen LogP contribution in [0.5, 0.6) is 5.75 Å². The van der Waals surface area contributed by atoms with Gasteiger partial charge in [0, 0.05) is 10.8 Å². The van der Waals surface area contributed by atoms with Crippen molar-refractivity contribution in [1.82, 2.24) is 10.2 Å². The molecule has 11 heteroatoms. The first-order chi connectivity index (χ1) is 19.4. The number of benzene rings is 2. The molecule has 1 N–H and O–H groups in total. The summed E-state index contributed by atoms with van der Waals surface area (Å²) in [5.74, 6) is -0.148. The van der Waals surface area contributed by atoms with Crippen LogP contribution < -0.4 is 9.64 Å². The number of hydrogen-bond acceptors (Lipinski definition) is 9. The number of ketones is 1. The van der Waals surface area contributed by atoms with Gasteiger partial charge < -0.3 is 14.3 Å². The number of aryl methyl sites for hydroxylation is 1. The van der Waals surface area contributed by atoms with Crippen molar-refractivity contribution in [3.05, 3.63) is 99.7 Å². The maximum Gasteiger partial charge on any atom is 0.296 e. The number of Topliss-reactive ketones (excluding diaryl/α,β-unsaturated/α-hetero) is 1. The molecule has 0 fully saturated rings. The van der Waals surface area contributed by atoms with E-state index in [1.165, 1.54) is 34.1 Å². The molecule has 3 heterocycles. The largest absolute Gasteiger partial charge is 0.503 e. The number of carbonyl (C=O) groups is 2. The molecule has 2 aromatic carbocycles. The molecule has 1 unspecified atom stereocenters. The number of aliphatic hydroxyl groups is 1. The summed E-state index contributed by atoms with van der Waals surface area (Å²) in [6.07, 6.45) is 1.94. The minimum absolute atomic E-state index is 0.0338. The number of nitrogens with zero attached hydrogens (tertiary/aromatic N) is 3. The van der Waals surface area contributed by atoms with E-state index in [4.69, 9.17) is 20.8 Å². The van der Waals surface area contributed by atoms with Crippen LogP contribution in [0.25, 0.3) is 0 Å². The van der Waals surface area contributed by atoms with Crippen LogP contribution in [-0.4, -0.2) is 33.6 Å². The van der Waals surface area contributed by atoms with Gasteiger partial charge in [-0.2, -0.15) is 0 Å². The number of aliphatic hydroxyl groups excluding tert-OH is 1. The molecule has 1 amide bonds. The average molecular weight is 596 g/mol. The van der Waals surface area contributed by atoms with Crippen LogP contribution in [0, 0.1) is 6.92 Å². The standard InChI is InChI=1S/C29H26ClN3O5S2/c1-3-4-15-37-20-12-10-18(11-13-20)24-23(25(34)22-14-9-17(2)38-22)26(35)27(36)33(24)28-31-32-29(40-28)39-16-19-7-5-6-8-21(19)30/h5-14,24,35H,3-4,15-16H2,1-2H3. The number of hydrogen-bond donors (Lipinski definition) is 1. The van der Waals surface area contributed by atoms with Crippen LogP contribution >= 0.6 is 34.7 Å². The highest BCUT2D eigenvalue weighted by Crippen LogP contribution is 2.44. The zero-order valence-electron chi connectivity index (χ0n) is 21.8. The number of anilines is 1. The highest BCUT2D eigenvalue weighted by atomic mass is 35.5. The van der Waals surface area contributed by atoms with E-state index in [0.29, 0.717) is 38.8 Å². The van der Waals surface area contributed by atoms with Gasteiger partial charge in [0.05, 0.1) is 18.2 Å². The molecule has 2 aromatic heterocycles. The van der Waals surface area contributed by atoms with E-state index in [2.05, 4.69) is 17.1 Å². The van der Waals surface area contributed by atoms with Gasteiger partial charge in [-0.15, -0.1) is 10.2 Å². The molecule has 0 bridgehead atoms. The number of aromatic nitrogens is 2. The van der Waals surface area contributed by atoms with Crippen molar-refractivity contribution in [3.8, 4) is 5.75 Å². The van der Waals surface area contributed by atoms with E-state index in [9.17, 15) is 14.7 Å². The van der Waals surface area contributed by atoms with E-state index in [1.807, 2.05) is 24.3 Å². The lowest BCUT2D eigenvalue weighted by atomic mass is 9.95. The number of ether oxygens (including phenoxy) is 1. The Kier molecular flexibility index (Phi) is 8.58. The van der Waals surface area contributed by atoms with Crippen molar-refractivity contribution in [2.24, 2.45) is 0 Å². The second-order valence-corrected chi connectivity index (χ2v) is 11.7. The quantitative estimate of drug-likeness (QED) is 0.0830. The number of amides is 1. The van der Waals surface area contributed by atoms with Gasteiger partial charge in [0.25, 0.3) is 5.91 Å². The first kappa shape index (κ1) is 27.9. The highest BCUT2D eigenvalue weighted by Gasteiger charge is 2.46. The topological polar surface area (TPSA) is 106 Å². The predicted molar refractivity (Wildman–Crippen MR) is 155 cm³/mol. The maximum absolute atomic E-state index is 13.6. The number of rotatable bonds is 11. The van der Waals surface area contributed by atoms with Crippen molar-refractivity contribution in [1.29, 1.82) is 0 Å². The Morgan fingerprint density at radius 1 is 1.15 bits per heavy atom. The number of halogens is 1.